The highest BCUT2D eigenvalue weighted by atomic mass is 35.5. The molecule has 29 heavy (non-hydrogen) atoms. The SMILES string of the molecule is CCc1cc(CC2C(=O)N(c3ccc(Cl)cc3)C(=S)N2Cc2ccccc2)on1. The van der Waals surface area contributed by atoms with Gasteiger partial charge in [-0.05, 0) is 48.5 Å². The number of carbonyl (C=O) groups is 1. The molecule has 0 N–H and O–H groups in total. The predicted octanol–water partition coefficient (Wildman–Crippen LogP) is 4.64. The highest BCUT2D eigenvalue weighted by Crippen LogP contribution is 2.29. The Balaban J connectivity index is 1.67. The molecule has 148 valence electrons. The number of aromatic nitrogens is 1. The van der Waals surface area contributed by atoms with Gasteiger partial charge in [0.25, 0.3) is 5.91 Å². The van der Waals surface area contributed by atoms with E-state index in [0.717, 1.165) is 17.7 Å². The van der Waals surface area contributed by atoms with Crippen LogP contribution < -0.4 is 4.90 Å². The highest BCUT2D eigenvalue weighted by molar-refractivity contribution is 7.80. The predicted molar refractivity (Wildman–Crippen MR) is 117 cm³/mol. The molecule has 4 rings (SSSR count). The molecule has 0 bridgehead atoms. The first-order chi connectivity index (χ1) is 14.1. The van der Waals surface area contributed by atoms with Crippen LogP contribution in [0.3, 0.4) is 0 Å². The molecule has 0 saturated carbocycles. The molecule has 0 aliphatic carbocycles. The summed E-state index contributed by atoms with van der Waals surface area (Å²) in [6, 6.07) is 18.5. The van der Waals surface area contributed by atoms with Gasteiger partial charge < -0.3 is 9.42 Å². The minimum Gasteiger partial charge on any atom is -0.361 e. The van der Waals surface area contributed by atoms with Gasteiger partial charge in [0.15, 0.2) is 5.11 Å². The van der Waals surface area contributed by atoms with Gasteiger partial charge in [0.1, 0.15) is 11.8 Å². The Morgan fingerprint density at radius 3 is 2.52 bits per heavy atom. The third-order valence-corrected chi connectivity index (χ3v) is 5.63. The van der Waals surface area contributed by atoms with Crippen molar-refractivity contribution in [3.8, 4) is 0 Å². The third-order valence-electron chi connectivity index (χ3n) is 4.96. The van der Waals surface area contributed by atoms with Crippen molar-refractivity contribution < 1.29 is 9.32 Å². The van der Waals surface area contributed by atoms with Gasteiger partial charge in [0.05, 0.1) is 11.4 Å². The second kappa shape index (κ2) is 8.35. The second-order valence-electron chi connectivity index (χ2n) is 6.90. The summed E-state index contributed by atoms with van der Waals surface area (Å²) in [7, 11) is 0. The Kier molecular flexibility index (Phi) is 5.65. The van der Waals surface area contributed by atoms with Crippen LogP contribution in [-0.4, -0.2) is 27.1 Å². The number of aryl methyl sites for hydroxylation is 1. The zero-order valence-electron chi connectivity index (χ0n) is 15.9. The fourth-order valence-electron chi connectivity index (χ4n) is 3.43. The molecule has 5 nitrogen and oxygen atoms in total. The maximum Gasteiger partial charge on any atom is 0.256 e. The molecule has 7 heteroatoms. The van der Waals surface area contributed by atoms with Crippen molar-refractivity contribution in [2.45, 2.75) is 32.4 Å². The molecule has 2 heterocycles. The number of rotatable bonds is 6. The van der Waals surface area contributed by atoms with E-state index in [4.69, 9.17) is 28.3 Å². The van der Waals surface area contributed by atoms with Gasteiger partial charge in [0, 0.05) is 24.1 Å². The summed E-state index contributed by atoms with van der Waals surface area (Å²) in [5.74, 6) is 0.599. The van der Waals surface area contributed by atoms with E-state index in [-0.39, 0.29) is 5.91 Å². The second-order valence-corrected chi connectivity index (χ2v) is 7.71. The molecule has 1 amide bonds. The summed E-state index contributed by atoms with van der Waals surface area (Å²) >= 11 is 11.7. The van der Waals surface area contributed by atoms with Crippen LogP contribution in [0.15, 0.2) is 65.2 Å². The summed E-state index contributed by atoms with van der Waals surface area (Å²) in [6.07, 6.45) is 1.19. The van der Waals surface area contributed by atoms with E-state index in [1.54, 1.807) is 29.2 Å². The van der Waals surface area contributed by atoms with Crippen molar-refractivity contribution in [3.63, 3.8) is 0 Å². The summed E-state index contributed by atoms with van der Waals surface area (Å²) < 4.78 is 5.45. The van der Waals surface area contributed by atoms with E-state index in [9.17, 15) is 4.79 Å². The molecule has 2 aromatic carbocycles. The number of thiocarbonyl (C=S) groups is 1. The van der Waals surface area contributed by atoms with E-state index in [0.29, 0.717) is 34.5 Å². The maximum atomic E-state index is 13.4. The van der Waals surface area contributed by atoms with Gasteiger partial charge in [-0.3, -0.25) is 9.69 Å². The zero-order chi connectivity index (χ0) is 20.4. The van der Waals surface area contributed by atoms with E-state index in [1.165, 1.54) is 0 Å². The van der Waals surface area contributed by atoms with Crippen molar-refractivity contribution in [1.82, 2.24) is 10.1 Å². The van der Waals surface area contributed by atoms with Crippen LogP contribution in [0.4, 0.5) is 5.69 Å². The molecule has 1 atom stereocenters. The van der Waals surface area contributed by atoms with Gasteiger partial charge in [-0.1, -0.05) is 54.0 Å². The van der Waals surface area contributed by atoms with Crippen LogP contribution in [0.5, 0.6) is 0 Å². The number of carbonyl (C=O) groups excluding carboxylic acids is 1. The Morgan fingerprint density at radius 2 is 1.86 bits per heavy atom. The lowest BCUT2D eigenvalue weighted by Gasteiger charge is -2.23. The van der Waals surface area contributed by atoms with Crippen LogP contribution in [0, 0.1) is 0 Å². The highest BCUT2D eigenvalue weighted by Gasteiger charge is 2.43. The standard InChI is InChI=1S/C22H20ClN3O2S/c1-2-17-12-19(28-24-17)13-20-21(27)26(18-10-8-16(23)9-11-18)22(29)25(20)14-15-6-4-3-5-7-15/h3-12,20H,2,13-14H2,1H3. The fraction of sp³-hybridized carbons (Fsp3) is 0.227. The Labute approximate surface area is 179 Å². The number of halogens is 1. The van der Waals surface area contributed by atoms with E-state index in [2.05, 4.69) is 5.16 Å². The lowest BCUT2D eigenvalue weighted by molar-refractivity contribution is -0.119. The monoisotopic (exact) mass is 425 g/mol. The first-order valence-electron chi connectivity index (χ1n) is 9.45. The summed E-state index contributed by atoms with van der Waals surface area (Å²) in [4.78, 5) is 16.9. The Morgan fingerprint density at radius 1 is 1.14 bits per heavy atom. The number of amides is 1. The molecule has 1 saturated heterocycles. The first-order valence-corrected chi connectivity index (χ1v) is 10.2. The minimum absolute atomic E-state index is 0.0808. The topological polar surface area (TPSA) is 49.6 Å². The van der Waals surface area contributed by atoms with E-state index in [1.807, 2.05) is 48.2 Å². The average molecular weight is 426 g/mol. The normalized spacial score (nSPS) is 16.7. The van der Waals surface area contributed by atoms with Crippen LogP contribution in [0.2, 0.25) is 5.02 Å². The van der Waals surface area contributed by atoms with Crippen molar-refractivity contribution in [2.24, 2.45) is 0 Å². The summed E-state index contributed by atoms with van der Waals surface area (Å²) in [6.45, 7) is 2.55. The molecular weight excluding hydrogens is 406 g/mol. The molecule has 0 radical (unpaired) electrons. The summed E-state index contributed by atoms with van der Waals surface area (Å²) in [5, 5.41) is 5.13. The zero-order valence-corrected chi connectivity index (χ0v) is 17.5. The van der Waals surface area contributed by atoms with Crippen LogP contribution in [0.1, 0.15) is 23.9 Å². The fourth-order valence-corrected chi connectivity index (χ4v) is 3.94. The number of nitrogens with zero attached hydrogens (tertiary/aromatic N) is 3. The van der Waals surface area contributed by atoms with Crippen molar-refractivity contribution in [1.29, 1.82) is 0 Å². The molecule has 1 aromatic heterocycles. The number of benzene rings is 2. The molecular formula is C22H20ClN3O2S. The van der Waals surface area contributed by atoms with Crippen molar-refractivity contribution in [3.05, 3.63) is 82.7 Å². The smallest absolute Gasteiger partial charge is 0.256 e. The number of hydrogen-bond donors (Lipinski definition) is 0. The Bertz CT molecular complexity index is 1020. The van der Waals surface area contributed by atoms with Gasteiger partial charge >= 0.3 is 0 Å². The Hall–Kier alpha value is -2.70. The van der Waals surface area contributed by atoms with E-state index < -0.39 is 6.04 Å². The lowest BCUT2D eigenvalue weighted by atomic mass is 10.1. The molecule has 1 unspecified atom stereocenters. The average Bonchev–Trinajstić information content (AvgIpc) is 3.28. The maximum absolute atomic E-state index is 13.4. The first kappa shape index (κ1) is 19.6. The van der Waals surface area contributed by atoms with Gasteiger partial charge in [-0.15, -0.1) is 0 Å². The van der Waals surface area contributed by atoms with E-state index >= 15 is 0 Å². The molecule has 3 aromatic rings. The third kappa shape index (κ3) is 4.04. The molecule has 1 aliphatic heterocycles. The summed E-state index contributed by atoms with van der Waals surface area (Å²) in [5.41, 5.74) is 2.66. The van der Waals surface area contributed by atoms with Crippen molar-refractivity contribution in [2.75, 3.05) is 4.90 Å². The van der Waals surface area contributed by atoms with Gasteiger partial charge in [-0.2, -0.15) is 0 Å². The van der Waals surface area contributed by atoms with Crippen molar-refractivity contribution >= 4 is 40.5 Å². The minimum atomic E-state index is -0.462. The lowest BCUT2D eigenvalue weighted by Crippen LogP contribution is -2.36. The molecule has 1 aliphatic rings. The molecule has 1 fully saturated rings. The van der Waals surface area contributed by atoms with Crippen LogP contribution in [0.25, 0.3) is 0 Å². The number of hydrogen-bond acceptors (Lipinski definition) is 4. The largest absolute Gasteiger partial charge is 0.361 e. The van der Waals surface area contributed by atoms with Gasteiger partial charge in [0.2, 0.25) is 0 Å². The number of anilines is 1. The molecule has 0 spiro atoms. The quantitative estimate of drug-likeness (QED) is 0.538. The van der Waals surface area contributed by atoms with Crippen LogP contribution >= 0.6 is 23.8 Å². The van der Waals surface area contributed by atoms with Crippen LogP contribution in [-0.2, 0) is 24.2 Å². The van der Waals surface area contributed by atoms with Gasteiger partial charge in [-0.25, -0.2) is 0 Å².